The molecule has 1 aromatic heterocycles. The van der Waals surface area contributed by atoms with E-state index in [9.17, 15) is 0 Å². The largest absolute Gasteiger partial charge is 0.492 e. The smallest absolute Gasteiger partial charge is 0.137 e. The van der Waals surface area contributed by atoms with Gasteiger partial charge in [-0.1, -0.05) is 13.8 Å². The Bertz CT molecular complexity index is 384. The predicted molar refractivity (Wildman–Crippen MR) is 73.5 cm³/mol. The van der Waals surface area contributed by atoms with Crippen LogP contribution in [0, 0.1) is 5.92 Å². The standard InChI is InChI=1S/C15H24N2O/c1-3-8-18-14-9-13(10-17-11-14)15(16)6-4-12(2)5-7-15/h9-12H,3-8,16H2,1-2H3. The number of nitrogens with zero attached hydrogens (tertiary/aromatic N) is 1. The van der Waals surface area contributed by atoms with Crippen molar-refractivity contribution in [2.45, 2.75) is 51.5 Å². The molecule has 3 heteroatoms. The highest BCUT2D eigenvalue weighted by Gasteiger charge is 2.32. The van der Waals surface area contributed by atoms with Crippen LogP contribution in [0.4, 0.5) is 0 Å². The van der Waals surface area contributed by atoms with Crippen molar-refractivity contribution in [2.75, 3.05) is 6.61 Å². The zero-order valence-electron chi connectivity index (χ0n) is 11.5. The summed E-state index contributed by atoms with van der Waals surface area (Å²) in [4.78, 5) is 4.27. The Kier molecular flexibility index (Phi) is 4.23. The Hall–Kier alpha value is -1.09. The Balaban J connectivity index is 2.12. The minimum absolute atomic E-state index is 0.203. The van der Waals surface area contributed by atoms with Gasteiger partial charge in [-0.3, -0.25) is 4.98 Å². The molecule has 1 aliphatic carbocycles. The molecule has 0 unspecified atom stereocenters. The molecule has 0 atom stereocenters. The summed E-state index contributed by atoms with van der Waals surface area (Å²) in [6.45, 7) is 5.14. The average molecular weight is 248 g/mol. The maximum absolute atomic E-state index is 6.54. The number of rotatable bonds is 4. The number of aromatic nitrogens is 1. The van der Waals surface area contributed by atoms with Crippen molar-refractivity contribution >= 4 is 0 Å². The molecular formula is C15H24N2O. The molecule has 0 spiro atoms. The van der Waals surface area contributed by atoms with Crippen LogP contribution in [0.2, 0.25) is 0 Å². The highest BCUT2D eigenvalue weighted by atomic mass is 16.5. The Labute approximate surface area is 110 Å². The molecule has 1 saturated carbocycles. The Morgan fingerprint density at radius 3 is 2.78 bits per heavy atom. The lowest BCUT2D eigenvalue weighted by molar-refractivity contribution is 0.246. The number of pyridine rings is 1. The molecule has 0 aliphatic heterocycles. The maximum Gasteiger partial charge on any atom is 0.137 e. The van der Waals surface area contributed by atoms with E-state index < -0.39 is 0 Å². The topological polar surface area (TPSA) is 48.1 Å². The van der Waals surface area contributed by atoms with E-state index in [1.54, 1.807) is 6.20 Å². The number of nitrogens with two attached hydrogens (primary N) is 1. The second-order valence-corrected chi connectivity index (χ2v) is 5.60. The van der Waals surface area contributed by atoms with E-state index in [0.717, 1.165) is 43.1 Å². The zero-order valence-corrected chi connectivity index (χ0v) is 11.5. The van der Waals surface area contributed by atoms with Crippen molar-refractivity contribution in [3.63, 3.8) is 0 Å². The van der Waals surface area contributed by atoms with Gasteiger partial charge in [-0.15, -0.1) is 0 Å². The van der Waals surface area contributed by atoms with Gasteiger partial charge in [0.15, 0.2) is 0 Å². The van der Waals surface area contributed by atoms with Crippen molar-refractivity contribution in [1.82, 2.24) is 4.98 Å². The molecule has 3 nitrogen and oxygen atoms in total. The van der Waals surface area contributed by atoms with Crippen LogP contribution in [0.3, 0.4) is 0 Å². The SMILES string of the molecule is CCCOc1cncc(C2(N)CCC(C)CC2)c1. The first-order valence-corrected chi connectivity index (χ1v) is 7.01. The average Bonchev–Trinajstić information content (AvgIpc) is 2.40. The fraction of sp³-hybridized carbons (Fsp3) is 0.667. The van der Waals surface area contributed by atoms with Crippen LogP contribution in [0.5, 0.6) is 5.75 Å². The molecule has 0 bridgehead atoms. The Morgan fingerprint density at radius 2 is 2.11 bits per heavy atom. The summed E-state index contributed by atoms with van der Waals surface area (Å²) in [6.07, 6.45) is 9.19. The van der Waals surface area contributed by atoms with Crippen LogP contribution in [-0.4, -0.2) is 11.6 Å². The van der Waals surface area contributed by atoms with Gasteiger partial charge in [0.1, 0.15) is 5.75 Å². The van der Waals surface area contributed by atoms with Gasteiger partial charge in [0, 0.05) is 11.7 Å². The van der Waals surface area contributed by atoms with E-state index >= 15 is 0 Å². The van der Waals surface area contributed by atoms with Gasteiger partial charge in [0.25, 0.3) is 0 Å². The lowest BCUT2D eigenvalue weighted by atomic mass is 9.74. The highest BCUT2D eigenvalue weighted by molar-refractivity contribution is 5.29. The normalized spacial score (nSPS) is 28.1. The van der Waals surface area contributed by atoms with Gasteiger partial charge >= 0.3 is 0 Å². The van der Waals surface area contributed by atoms with Crippen LogP contribution in [0.25, 0.3) is 0 Å². The van der Waals surface area contributed by atoms with E-state index in [2.05, 4.69) is 24.9 Å². The lowest BCUT2D eigenvalue weighted by Crippen LogP contribution is -2.40. The van der Waals surface area contributed by atoms with Crippen LogP contribution < -0.4 is 10.5 Å². The molecule has 2 rings (SSSR count). The van der Waals surface area contributed by atoms with Crippen molar-refractivity contribution in [3.8, 4) is 5.75 Å². The van der Waals surface area contributed by atoms with Gasteiger partial charge in [-0.25, -0.2) is 0 Å². The van der Waals surface area contributed by atoms with Gasteiger partial charge in [-0.05, 0) is 49.7 Å². The summed E-state index contributed by atoms with van der Waals surface area (Å²) in [5.74, 6) is 1.65. The summed E-state index contributed by atoms with van der Waals surface area (Å²) in [6, 6.07) is 2.07. The van der Waals surface area contributed by atoms with Crippen LogP contribution in [0.15, 0.2) is 18.5 Å². The molecule has 18 heavy (non-hydrogen) atoms. The molecule has 1 aromatic rings. The quantitative estimate of drug-likeness (QED) is 0.890. The molecule has 100 valence electrons. The second kappa shape index (κ2) is 5.70. The number of hydrogen-bond acceptors (Lipinski definition) is 3. The molecule has 2 N–H and O–H groups in total. The van der Waals surface area contributed by atoms with E-state index in [-0.39, 0.29) is 5.54 Å². The van der Waals surface area contributed by atoms with Gasteiger partial charge in [0.05, 0.1) is 12.8 Å². The first kappa shape index (κ1) is 13.3. The summed E-state index contributed by atoms with van der Waals surface area (Å²) < 4.78 is 5.63. The zero-order chi connectivity index (χ0) is 13.0. The van der Waals surface area contributed by atoms with Crippen LogP contribution in [0.1, 0.15) is 51.5 Å². The minimum atomic E-state index is -0.203. The second-order valence-electron chi connectivity index (χ2n) is 5.60. The first-order valence-electron chi connectivity index (χ1n) is 7.01. The number of ether oxygens (including phenoxy) is 1. The molecule has 1 aliphatic rings. The molecule has 1 heterocycles. The molecule has 0 radical (unpaired) electrons. The third kappa shape index (κ3) is 3.02. The van der Waals surface area contributed by atoms with Crippen molar-refractivity contribution < 1.29 is 4.74 Å². The van der Waals surface area contributed by atoms with E-state index in [1.807, 2.05) is 6.20 Å². The monoisotopic (exact) mass is 248 g/mol. The van der Waals surface area contributed by atoms with Gasteiger partial charge < -0.3 is 10.5 Å². The van der Waals surface area contributed by atoms with E-state index in [4.69, 9.17) is 10.5 Å². The number of hydrogen-bond donors (Lipinski definition) is 1. The third-order valence-corrected chi connectivity index (χ3v) is 3.93. The maximum atomic E-state index is 6.54. The molecule has 1 fully saturated rings. The first-order chi connectivity index (χ1) is 8.64. The molecule has 0 saturated heterocycles. The fourth-order valence-corrected chi connectivity index (χ4v) is 2.56. The fourth-order valence-electron chi connectivity index (χ4n) is 2.56. The highest BCUT2D eigenvalue weighted by Crippen LogP contribution is 2.37. The molecule has 0 aromatic carbocycles. The van der Waals surface area contributed by atoms with Gasteiger partial charge in [-0.2, -0.15) is 0 Å². The summed E-state index contributed by atoms with van der Waals surface area (Å²) in [5, 5.41) is 0. The van der Waals surface area contributed by atoms with E-state index in [0.29, 0.717) is 0 Å². The van der Waals surface area contributed by atoms with Crippen molar-refractivity contribution in [2.24, 2.45) is 11.7 Å². The van der Waals surface area contributed by atoms with Crippen molar-refractivity contribution in [1.29, 1.82) is 0 Å². The molecular weight excluding hydrogens is 224 g/mol. The summed E-state index contributed by atoms with van der Waals surface area (Å²) >= 11 is 0. The Morgan fingerprint density at radius 1 is 1.39 bits per heavy atom. The van der Waals surface area contributed by atoms with Crippen LogP contribution >= 0.6 is 0 Å². The van der Waals surface area contributed by atoms with Crippen LogP contribution in [-0.2, 0) is 5.54 Å². The summed E-state index contributed by atoms with van der Waals surface area (Å²) in [5.41, 5.74) is 7.47. The lowest BCUT2D eigenvalue weighted by Gasteiger charge is -2.36. The molecule has 0 amide bonds. The predicted octanol–water partition coefficient (Wildman–Crippen LogP) is 3.23. The van der Waals surface area contributed by atoms with Crippen molar-refractivity contribution in [3.05, 3.63) is 24.0 Å². The summed E-state index contributed by atoms with van der Waals surface area (Å²) in [7, 11) is 0. The van der Waals surface area contributed by atoms with E-state index in [1.165, 1.54) is 12.8 Å². The third-order valence-electron chi connectivity index (χ3n) is 3.93. The van der Waals surface area contributed by atoms with Gasteiger partial charge in [0.2, 0.25) is 0 Å². The minimum Gasteiger partial charge on any atom is -0.492 e.